The molecule has 0 atom stereocenters. The lowest BCUT2D eigenvalue weighted by molar-refractivity contribution is 0.275. The number of H-pyrrole nitrogens is 1. The molecular weight excluding hydrogens is 360 g/mol. The highest BCUT2D eigenvalue weighted by Gasteiger charge is 2.08. The van der Waals surface area contributed by atoms with Gasteiger partial charge in [0.1, 0.15) is 0 Å². The number of nitrogens with one attached hydrogen (secondary N) is 1. The molecular formula is C19H20N6OS. The largest absolute Gasteiger partial charge is 0.462 e. The molecule has 2 aromatic carbocycles. The van der Waals surface area contributed by atoms with Gasteiger partial charge in [0.2, 0.25) is 0 Å². The summed E-state index contributed by atoms with van der Waals surface area (Å²) in [7, 11) is 0. The number of imidazole rings is 1. The van der Waals surface area contributed by atoms with E-state index in [1.165, 1.54) is 0 Å². The molecule has 0 saturated heterocycles. The molecule has 0 unspecified atom stereocenters. The van der Waals surface area contributed by atoms with Gasteiger partial charge in [-0.25, -0.2) is 4.98 Å². The molecule has 4 aromatic rings. The Balaban J connectivity index is 1.17. The number of ether oxygens (including phenoxy) is 1. The number of thioether (sulfide) groups is 1. The maximum atomic E-state index is 5.74. The molecule has 2 aromatic heterocycles. The zero-order valence-corrected chi connectivity index (χ0v) is 15.6. The molecule has 0 aliphatic rings. The molecule has 4 rings (SSSR count). The zero-order chi connectivity index (χ0) is 18.3. The standard InChI is InChI=1S/C19H20N6OS/c1-3-9-15(10-4-1)25-19(22-23-24-25)26-13-7-2-8-14-27-18-20-16-11-5-6-12-17(16)21-18/h1,3-6,9-12H,2,7-8,13-14H2,(H,20,21). The molecule has 0 fully saturated rings. The minimum Gasteiger partial charge on any atom is -0.462 e. The topological polar surface area (TPSA) is 81.5 Å². The monoisotopic (exact) mass is 380 g/mol. The normalized spacial score (nSPS) is 11.1. The van der Waals surface area contributed by atoms with Crippen molar-refractivity contribution in [3.05, 3.63) is 54.6 Å². The summed E-state index contributed by atoms with van der Waals surface area (Å²) in [6, 6.07) is 18.3. The maximum Gasteiger partial charge on any atom is 0.340 e. The van der Waals surface area contributed by atoms with Crippen LogP contribution in [0.25, 0.3) is 16.7 Å². The SMILES string of the molecule is c1ccc(-n2nnnc2OCCCCCSc2nc3ccccc3[nH]2)cc1. The van der Waals surface area contributed by atoms with Gasteiger partial charge in [0.05, 0.1) is 23.3 Å². The second kappa shape index (κ2) is 8.68. The van der Waals surface area contributed by atoms with Crippen molar-refractivity contribution in [3.63, 3.8) is 0 Å². The third kappa shape index (κ3) is 4.46. The van der Waals surface area contributed by atoms with Crippen LogP contribution in [0.15, 0.2) is 59.8 Å². The fourth-order valence-corrected chi connectivity index (χ4v) is 3.60. The Kier molecular flexibility index (Phi) is 5.64. The van der Waals surface area contributed by atoms with Crippen LogP contribution >= 0.6 is 11.8 Å². The van der Waals surface area contributed by atoms with E-state index in [2.05, 4.69) is 25.5 Å². The second-order valence-corrected chi connectivity index (χ2v) is 7.11. The molecule has 0 saturated carbocycles. The van der Waals surface area contributed by atoms with Crippen molar-refractivity contribution in [1.29, 1.82) is 0 Å². The lowest BCUT2D eigenvalue weighted by atomic mass is 10.3. The van der Waals surface area contributed by atoms with Gasteiger partial charge in [-0.1, -0.05) is 47.2 Å². The summed E-state index contributed by atoms with van der Waals surface area (Å²) in [6.07, 6.45) is 3.15. The van der Waals surface area contributed by atoms with Crippen molar-refractivity contribution in [2.45, 2.75) is 24.4 Å². The van der Waals surface area contributed by atoms with Crippen LogP contribution in [0.5, 0.6) is 6.01 Å². The first kappa shape index (κ1) is 17.5. The highest BCUT2D eigenvalue weighted by molar-refractivity contribution is 7.99. The molecule has 8 heteroatoms. The Bertz CT molecular complexity index is 951. The summed E-state index contributed by atoms with van der Waals surface area (Å²) in [6.45, 7) is 0.600. The second-order valence-electron chi connectivity index (χ2n) is 6.03. The molecule has 0 spiro atoms. The van der Waals surface area contributed by atoms with E-state index in [1.54, 1.807) is 16.4 Å². The van der Waals surface area contributed by atoms with E-state index in [0.29, 0.717) is 12.6 Å². The van der Waals surface area contributed by atoms with Gasteiger partial charge in [-0.05, 0) is 54.0 Å². The lowest BCUT2D eigenvalue weighted by Gasteiger charge is -2.06. The van der Waals surface area contributed by atoms with E-state index >= 15 is 0 Å². The van der Waals surface area contributed by atoms with Crippen LogP contribution in [0.3, 0.4) is 0 Å². The minimum atomic E-state index is 0.429. The van der Waals surface area contributed by atoms with Crippen LogP contribution in [0.4, 0.5) is 0 Å². The fourth-order valence-electron chi connectivity index (χ4n) is 2.71. The molecule has 7 nitrogen and oxygen atoms in total. The molecule has 0 amide bonds. The highest BCUT2D eigenvalue weighted by atomic mass is 32.2. The number of tetrazole rings is 1. The van der Waals surface area contributed by atoms with E-state index in [-0.39, 0.29) is 0 Å². The molecule has 0 aliphatic carbocycles. The van der Waals surface area contributed by atoms with Gasteiger partial charge in [-0.3, -0.25) is 0 Å². The molecule has 27 heavy (non-hydrogen) atoms. The Hall–Kier alpha value is -2.87. The molecule has 1 N–H and O–H groups in total. The molecule has 0 aliphatic heterocycles. The van der Waals surface area contributed by atoms with Crippen LogP contribution in [0.2, 0.25) is 0 Å². The third-order valence-corrected chi connectivity index (χ3v) is 5.03. The van der Waals surface area contributed by atoms with Crippen molar-refractivity contribution in [3.8, 4) is 11.7 Å². The zero-order valence-electron chi connectivity index (χ0n) is 14.8. The van der Waals surface area contributed by atoms with Crippen LogP contribution < -0.4 is 4.74 Å². The lowest BCUT2D eigenvalue weighted by Crippen LogP contribution is -2.05. The van der Waals surface area contributed by atoms with Crippen molar-refractivity contribution >= 4 is 22.8 Å². The average Bonchev–Trinajstić information content (AvgIpc) is 3.34. The van der Waals surface area contributed by atoms with Crippen LogP contribution in [0, 0.1) is 0 Å². The predicted octanol–water partition coefficient (Wildman–Crippen LogP) is 3.88. The Labute approximate surface area is 161 Å². The number of nitrogens with zero attached hydrogens (tertiary/aromatic N) is 5. The van der Waals surface area contributed by atoms with Gasteiger partial charge in [-0.15, -0.1) is 0 Å². The van der Waals surface area contributed by atoms with Crippen molar-refractivity contribution < 1.29 is 4.74 Å². The predicted molar refractivity (Wildman–Crippen MR) is 105 cm³/mol. The van der Waals surface area contributed by atoms with E-state index in [4.69, 9.17) is 4.74 Å². The van der Waals surface area contributed by atoms with Gasteiger partial charge in [0.25, 0.3) is 0 Å². The summed E-state index contributed by atoms with van der Waals surface area (Å²) in [5.74, 6) is 1.03. The number of para-hydroxylation sites is 3. The number of rotatable bonds is 9. The smallest absolute Gasteiger partial charge is 0.340 e. The summed E-state index contributed by atoms with van der Waals surface area (Å²) < 4.78 is 7.35. The number of aromatic amines is 1. The van der Waals surface area contributed by atoms with E-state index in [1.807, 2.05) is 54.6 Å². The summed E-state index contributed by atoms with van der Waals surface area (Å²) in [4.78, 5) is 7.92. The fraction of sp³-hybridized carbons (Fsp3) is 0.263. The summed E-state index contributed by atoms with van der Waals surface area (Å²) >= 11 is 1.76. The van der Waals surface area contributed by atoms with Crippen molar-refractivity contribution in [1.82, 2.24) is 30.2 Å². The number of fused-ring (bicyclic) bond motifs is 1. The van der Waals surface area contributed by atoms with Crippen LogP contribution in [-0.2, 0) is 0 Å². The number of hydrogen-bond donors (Lipinski definition) is 1. The minimum absolute atomic E-state index is 0.429. The number of hydrogen-bond acceptors (Lipinski definition) is 6. The molecule has 138 valence electrons. The van der Waals surface area contributed by atoms with Crippen molar-refractivity contribution in [2.75, 3.05) is 12.4 Å². The van der Waals surface area contributed by atoms with E-state index in [0.717, 1.165) is 46.9 Å². The maximum absolute atomic E-state index is 5.74. The van der Waals surface area contributed by atoms with Crippen molar-refractivity contribution in [2.24, 2.45) is 0 Å². The van der Waals surface area contributed by atoms with Gasteiger partial charge in [0, 0.05) is 5.75 Å². The number of unbranched alkanes of at least 4 members (excludes halogenated alkanes) is 2. The summed E-state index contributed by atoms with van der Waals surface area (Å²) in [5, 5.41) is 12.6. The van der Waals surface area contributed by atoms with Gasteiger partial charge >= 0.3 is 6.01 Å². The summed E-state index contributed by atoms with van der Waals surface area (Å²) in [5.41, 5.74) is 2.99. The molecule has 2 heterocycles. The van der Waals surface area contributed by atoms with Gasteiger partial charge < -0.3 is 9.72 Å². The van der Waals surface area contributed by atoms with Crippen LogP contribution in [-0.4, -0.2) is 42.5 Å². The Morgan fingerprint density at radius 3 is 2.70 bits per heavy atom. The first-order valence-electron chi connectivity index (χ1n) is 8.94. The molecule has 0 bridgehead atoms. The average molecular weight is 380 g/mol. The number of aromatic nitrogens is 6. The Morgan fingerprint density at radius 2 is 1.81 bits per heavy atom. The molecule has 0 radical (unpaired) electrons. The van der Waals surface area contributed by atoms with Crippen LogP contribution in [0.1, 0.15) is 19.3 Å². The number of benzene rings is 2. The quantitative estimate of drug-likeness (QED) is 0.350. The van der Waals surface area contributed by atoms with Gasteiger partial charge in [-0.2, -0.15) is 4.68 Å². The Morgan fingerprint density at radius 1 is 0.963 bits per heavy atom. The van der Waals surface area contributed by atoms with Gasteiger partial charge in [0.15, 0.2) is 5.16 Å². The van der Waals surface area contributed by atoms with E-state index in [9.17, 15) is 0 Å². The third-order valence-electron chi connectivity index (χ3n) is 4.07. The highest BCUT2D eigenvalue weighted by Crippen LogP contribution is 2.20. The first-order chi connectivity index (χ1) is 13.4. The first-order valence-corrected chi connectivity index (χ1v) is 9.93. The van der Waals surface area contributed by atoms with E-state index < -0.39 is 0 Å².